The van der Waals surface area contributed by atoms with Gasteiger partial charge in [-0.3, -0.25) is 9.78 Å². The van der Waals surface area contributed by atoms with Gasteiger partial charge in [0.1, 0.15) is 5.75 Å². The number of ether oxygens (including phenoxy) is 1. The van der Waals surface area contributed by atoms with E-state index >= 15 is 0 Å². The Labute approximate surface area is 198 Å². The number of carbonyl (C=O) groups excluding carboxylic acids is 1. The van der Waals surface area contributed by atoms with Crippen molar-refractivity contribution in [3.8, 4) is 5.75 Å². The van der Waals surface area contributed by atoms with Crippen LogP contribution < -0.4 is 15.4 Å². The predicted molar refractivity (Wildman–Crippen MR) is 122 cm³/mol. The molecule has 4 aromatic rings. The van der Waals surface area contributed by atoms with E-state index in [-0.39, 0.29) is 27.3 Å². The van der Waals surface area contributed by atoms with Crippen molar-refractivity contribution in [2.45, 2.75) is 6.61 Å². The van der Waals surface area contributed by atoms with Gasteiger partial charge in [0.05, 0.1) is 32.3 Å². The van der Waals surface area contributed by atoms with Crippen LogP contribution in [0, 0.1) is 0 Å². The number of hydrogen-bond donors (Lipinski definition) is 3. The summed E-state index contributed by atoms with van der Waals surface area (Å²) >= 11 is 15.5. The largest absolute Gasteiger partial charge is 0.434 e. The van der Waals surface area contributed by atoms with Crippen LogP contribution in [0.5, 0.6) is 5.75 Å². The lowest BCUT2D eigenvalue weighted by atomic mass is 10.1. The Morgan fingerprint density at radius 3 is 2.47 bits per heavy atom. The fraction of sp³-hybridized carbons (Fsp3) is 0.0500. The van der Waals surface area contributed by atoms with Crippen LogP contribution >= 0.6 is 39.1 Å². The number of fused-ring (bicyclic) bond motifs is 1. The Morgan fingerprint density at radius 2 is 1.81 bits per heavy atom. The van der Waals surface area contributed by atoms with Gasteiger partial charge in [0.2, 0.25) is 5.95 Å². The van der Waals surface area contributed by atoms with E-state index in [4.69, 9.17) is 23.2 Å². The number of benzene rings is 2. The van der Waals surface area contributed by atoms with Gasteiger partial charge in [-0.05, 0) is 30.3 Å². The number of hydrogen-bond acceptors (Lipinski definition) is 5. The van der Waals surface area contributed by atoms with Crippen LogP contribution in [0.4, 0.5) is 26.1 Å². The molecule has 0 fully saturated rings. The van der Waals surface area contributed by atoms with Gasteiger partial charge >= 0.3 is 6.61 Å². The monoisotopic (exact) mass is 541 g/mol. The highest BCUT2D eigenvalue weighted by molar-refractivity contribution is 9.10. The Hall–Kier alpha value is -2.95. The molecule has 2 aromatic heterocycles. The number of amides is 1. The SMILES string of the molecule is O=C(Nc1ccc(Br)cc1)c1cc2nc(Nc3c(Cl)cncc3Cl)[nH]c2cc1OC(F)F. The highest BCUT2D eigenvalue weighted by Crippen LogP contribution is 2.33. The topological polar surface area (TPSA) is 91.9 Å². The minimum Gasteiger partial charge on any atom is -0.434 e. The van der Waals surface area contributed by atoms with Gasteiger partial charge in [-0.25, -0.2) is 4.98 Å². The Morgan fingerprint density at radius 1 is 1.12 bits per heavy atom. The van der Waals surface area contributed by atoms with Crippen LogP contribution in [0.15, 0.2) is 53.3 Å². The molecule has 164 valence electrons. The number of pyridine rings is 1. The van der Waals surface area contributed by atoms with Crippen LogP contribution in [-0.4, -0.2) is 27.5 Å². The third-order valence-corrected chi connectivity index (χ3v) is 5.34. The van der Waals surface area contributed by atoms with E-state index in [0.29, 0.717) is 22.4 Å². The number of alkyl halides is 2. The molecule has 0 bridgehead atoms. The molecule has 0 aliphatic heterocycles. The van der Waals surface area contributed by atoms with Crippen molar-refractivity contribution < 1.29 is 18.3 Å². The summed E-state index contributed by atoms with van der Waals surface area (Å²) in [7, 11) is 0. The number of nitrogens with zero attached hydrogens (tertiary/aromatic N) is 2. The second kappa shape index (κ2) is 9.27. The zero-order valence-electron chi connectivity index (χ0n) is 15.8. The standard InChI is InChI=1S/C20H12BrCl2F2N5O2/c21-9-1-3-10(4-2-9)27-18(31)11-5-14-15(6-16(11)32-19(24)25)29-20(28-14)30-17-12(22)7-26-8-13(17)23/h1-8,19H,(H,27,31)(H2,26,28,29,30). The quantitative estimate of drug-likeness (QED) is 0.254. The number of aromatic nitrogens is 3. The van der Waals surface area contributed by atoms with Gasteiger partial charge in [-0.15, -0.1) is 0 Å². The van der Waals surface area contributed by atoms with Crippen LogP contribution in [0.25, 0.3) is 11.0 Å². The van der Waals surface area contributed by atoms with E-state index in [0.717, 1.165) is 4.47 Å². The molecule has 0 atom stereocenters. The molecule has 12 heteroatoms. The maximum absolute atomic E-state index is 13.0. The Balaban J connectivity index is 1.69. The minimum atomic E-state index is -3.12. The molecule has 0 saturated carbocycles. The number of imidazole rings is 1. The molecule has 0 spiro atoms. The normalized spacial score (nSPS) is 11.1. The number of anilines is 3. The second-order valence-electron chi connectivity index (χ2n) is 6.39. The third-order valence-electron chi connectivity index (χ3n) is 4.24. The number of halogens is 5. The molecule has 7 nitrogen and oxygen atoms in total. The molecule has 0 unspecified atom stereocenters. The van der Waals surface area contributed by atoms with Gasteiger partial charge < -0.3 is 20.4 Å². The lowest BCUT2D eigenvalue weighted by molar-refractivity contribution is -0.0500. The zero-order valence-corrected chi connectivity index (χ0v) is 18.9. The summed E-state index contributed by atoms with van der Waals surface area (Å²) in [6.45, 7) is -3.12. The summed E-state index contributed by atoms with van der Waals surface area (Å²) < 4.78 is 31.4. The van der Waals surface area contributed by atoms with Crippen LogP contribution in [0.2, 0.25) is 10.0 Å². The molecule has 2 heterocycles. The maximum Gasteiger partial charge on any atom is 0.387 e. The molecule has 1 amide bonds. The van der Waals surface area contributed by atoms with Crippen LogP contribution in [0.1, 0.15) is 10.4 Å². The summed E-state index contributed by atoms with van der Waals surface area (Å²) in [5, 5.41) is 6.08. The number of H-pyrrole nitrogens is 1. The van der Waals surface area contributed by atoms with Crippen molar-refractivity contribution in [1.82, 2.24) is 15.0 Å². The number of aromatic amines is 1. The molecule has 0 radical (unpaired) electrons. The average molecular weight is 543 g/mol. The first kappa shape index (κ1) is 22.3. The van der Waals surface area contributed by atoms with Gasteiger partial charge in [0.15, 0.2) is 0 Å². The first-order chi connectivity index (χ1) is 15.3. The molecule has 2 aromatic carbocycles. The lowest BCUT2D eigenvalue weighted by Crippen LogP contribution is -2.15. The minimum absolute atomic E-state index is 0.112. The van der Waals surface area contributed by atoms with Gasteiger partial charge in [-0.1, -0.05) is 39.1 Å². The predicted octanol–water partition coefficient (Wildman–Crippen LogP) is 6.62. The van der Waals surface area contributed by atoms with Crippen molar-refractivity contribution in [2.24, 2.45) is 0 Å². The smallest absolute Gasteiger partial charge is 0.387 e. The molecule has 4 rings (SSSR count). The highest BCUT2D eigenvalue weighted by atomic mass is 79.9. The molecular weight excluding hydrogens is 531 g/mol. The fourth-order valence-corrected chi connectivity index (χ4v) is 3.57. The van der Waals surface area contributed by atoms with Gasteiger partial charge in [0, 0.05) is 28.6 Å². The fourth-order valence-electron chi connectivity index (χ4n) is 2.85. The first-order valence-electron chi connectivity index (χ1n) is 8.91. The summed E-state index contributed by atoms with van der Waals surface area (Å²) in [6, 6.07) is 9.40. The van der Waals surface area contributed by atoms with E-state index in [2.05, 4.69) is 46.3 Å². The van der Waals surface area contributed by atoms with Crippen molar-refractivity contribution in [3.05, 3.63) is 68.9 Å². The molecule has 3 N–H and O–H groups in total. The van der Waals surface area contributed by atoms with E-state index in [9.17, 15) is 13.6 Å². The average Bonchev–Trinajstić information content (AvgIpc) is 3.13. The maximum atomic E-state index is 13.0. The van der Waals surface area contributed by atoms with Crippen molar-refractivity contribution >= 4 is 73.4 Å². The number of rotatable bonds is 6. The summed E-state index contributed by atoms with van der Waals surface area (Å²) in [5.41, 5.74) is 1.41. The Kier molecular flexibility index (Phi) is 6.45. The van der Waals surface area contributed by atoms with E-state index in [1.54, 1.807) is 24.3 Å². The van der Waals surface area contributed by atoms with Gasteiger partial charge in [0.25, 0.3) is 5.91 Å². The molecule has 32 heavy (non-hydrogen) atoms. The van der Waals surface area contributed by atoms with E-state index in [1.165, 1.54) is 24.5 Å². The van der Waals surface area contributed by atoms with Crippen molar-refractivity contribution in [3.63, 3.8) is 0 Å². The molecular formula is C20H12BrCl2F2N5O2. The van der Waals surface area contributed by atoms with Gasteiger partial charge in [-0.2, -0.15) is 8.78 Å². The summed E-state index contributed by atoms with van der Waals surface area (Å²) in [6.07, 6.45) is 2.80. The second-order valence-corrected chi connectivity index (χ2v) is 8.12. The first-order valence-corrected chi connectivity index (χ1v) is 10.5. The van der Waals surface area contributed by atoms with E-state index in [1.807, 2.05) is 0 Å². The third kappa shape index (κ3) is 4.93. The van der Waals surface area contributed by atoms with Crippen LogP contribution in [0.3, 0.4) is 0 Å². The molecule has 0 aliphatic carbocycles. The number of nitrogens with one attached hydrogen (secondary N) is 3. The van der Waals surface area contributed by atoms with E-state index < -0.39 is 12.5 Å². The molecule has 0 aliphatic rings. The Bertz CT molecular complexity index is 1280. The number of carbonyl (C=O) groups is 1. The van der Waals surface area contributed by atoms with Crippen LogP contribution in [-0.2, 0) is 0 Å². The summed E-state index contributed by atoms with van der Waals surface area (Å²) in [5.74, 6) is -0.719. The van der Waals surface area contributed by atoms with Crippen molar-refractivity contribution in [2.75, 3.05) is 10.6 Å². The summed E-state index contributed by atoms with van der Waals surface area (Å²) in [4.78, 5) is 23.9. The zero-order chi connectivity index (χ0) is 22.8. The molecule has 0 saturated heterocycles. The highest BCUT2D eigenvalue weighted by Gasteiger charge is 2.20. The van der Waals surface area contributed by atoms with Crippen molar-refractivity contribution in [1.29, 1.82) is 0 Å². The lowest BCUT2D eigenvalue weighted by Gasteiger charge is -2.11.